The van der Waals surface area contributed by atoms with Crippen LogP contribution >= 0.6 is 23.8 Å². The number of thiocarbonyl (C=S) groups is 1. The average molecular weight is 427 g/mol. The first-order chi connectivity index (χ1) is 14.1. The molecule has 0 radical (unpaired) electrons. The fraction of sp³-hybridized carbons (Fsp3) is 0.304. The SMILES string of the molecule is O=C1C(=Cc2ccccc2OCc2ccccc2Cl)NC(=S)N1C1CCCCC1. The van der Waals surface area contributed by atoms with E-state index < -0.39 is 0 Å². The number of rotatable bonds is 5. The number of benzene rings is 2. The molecule has 0 atom stereocenters. The lowest BCUT2D eigenvalue weighted by Crippen LogP contribution is -2.41. The van der Waals surface area contributed by atoms with Gasteiger partial charge in [0.25, 0.3) is 5.91 Å². The van der Waals surface area contributed by atoms with Gasteiger partial charge in [-0.1, -0.05) is 67.3 Å². The van der Waals surface area contributed by atoms with E-state index in [1.54, 1.807) is 4.90 Å². The van der Waals surface area contributed by atoms with E-state index in [9.17, 15) is 4.79 Å². The topological polar surface area (TPSA) is 41.6 Å². The molecular formula is C23H23ClN2O2S. The highest BCUT2D eigenvalue weighted by Crippen LogP contribution is 2.29. The van der Waals surface area contributed by atoms with Crippen molar-refractivity contribution < 1.29 is 9.53 Å². The number of halogens is 1. The summed E-state index contributed by atoms with van der Waals surface area (Å²) in [6, 6.07) is 15.5. The van der Waals surface area contributed by atoms with Crippen molar-refractivity contribution in [2.24, 2.45) is 0 Å². The third-order valence-electron chi connectivity index (χ3n) is 5.41. The lowest BCUT2D eigenvalue weighted by molar-refractivity contribution is -0.124. The first-order valence-corrected chi connectivity index (χ1v) is 10.7. The lowest BCUT2D eigenvalue weighted by atomic mass is 9.94. The molecule has 4 nitrogen and oxygen atoms in total. The van der Waals surface area contributed by atoms with Crippen LogP contribution in [0.5, 0.6) is 5.75 Å². The van der Waals surface area contributed by atoms with Crippen molar-refractivity contribution in [2.75, 3.05) is 0 Å². The van der Waals surface area contributed by atoms with Gasteiger partial charge in [0.2, 0.25) is 0 Å². The molecule has 1 saturated carbocycles. The fourth-order valence-electron chi connectivity index (χ4n) is 3.88. The van der Waals surface area contributed by atoms with Crippen molar-refractivity contribution in [1.82, 2.24) is 10.2 Å². The van der Waals surface area contributed by atoms with E-state index in [-0.39, 0.29) is 11.9 Å². The van der Waals surface area contributed by atoms with E-state index in [1.807, 2.05) is 54.6 Å². The van der Waals surface area contributed by atoms with Crippen molar-refractivity contribution in [3.63, 3.8) is 0 Å². The van der Waals surface area contributed by atoms with Gasteiger partial charge >= 0.3 is 0 Å². The minimum absolute atomic E-state index is 0.0530. The van der Waals surface area contributed by atoms with Crippen molar-refractivity contribution in [2.45, 2.75) is 44.8 Å². The zero-order valence-electron chi connectivity index (χ0n) is 16.1. The number of nitrogens with zero attached hydrogens (tertiary/aromatic N) is 1. The molecule has 2 fully saturated rings. The predicted octanol–water partition coefficient (Wildman–Crippen LogP) is 5.31. The second kappa shape index (κ2) is 8.97. The van der Waals surface area contributed by atoms with E-state index in [0.29, 0.717) is 28.2 Å². The molecule has 1 heterocycles. The molecule has 0 aromatic heterocycles. The Balaban J connectivity index is 1.53. The number of carbonyl (C=O) groups excluding carboxylic acids is 1. The number of para-hydroxylation sites is 1. The molecule has 29 heavy (non-hydrogen) atoms. The first-order valence-electron chi connectivity index (χ1n) is 9.95. The van der Waals surface area contributed by atoms with Crippen molar-refractivity contribution in [3.8, 4) is 5.75 Å². The quantitative estimate of drug-likeness (QED) is 0.519. The number of ether oxygens (including phenoxy) is 1. The van der Waals surface area contributed by atoms with Gasteiger partial charge in [-0.15, -0.1) is 0 Å². The van der Waals surface area contributed by atoms with Crippen LogP contribution in [0.1, 0.15) is 43.2 Å². The number of hydrogen-bond acceptors (Lipinski definition) is 3. The Labute approximate surface area is 181 Å². The number of nitrogens with one attached hydrogen (secondary N) is 1. The highest BCUT2D eigenvalue weighted by Gasteiger charge is 2.36. The molecule has 4 rings (SSSR count). The number of carbonyl (C=O) groups is 1. The highest BCUT2D eigenvalue weighted by atomic mass is 35.5. The van der Waals surface area contributed by atoms with Crippen molar-refractivity contribution >= 4 is 40.9 Å². The predicted molar refractivity (Wildman–Crippen MR) is 120 cm³/mol. The van der Waals surface area contributed by atoms with Gasteiger partial charge in [-0.3, -0.25) is 9.69 Å². The summed E-state index contributed by atoms with van der Waals surface area (Å²) in [6.45, 7) is 0.355. The zero-order chi connectivity index (χ0) is 20.2. The van der Waals surface area contributed by atoms with Crippen LogP contribution in [0.3, 0.4) is 0 Å². The molecule has 1 aliphatic heterocycles. The minimum Gasteiger partial charge on any atom is -0.488 e. The molecule has 0 unspecified atom stereocenters. The molecule has 2 aliphatic rings. The second-order valence-corrected chi connectivity index (χ2v) is 8.17. The van der Waals surface area contributed by atoms with Crippen LogP contribution in [-0.4, -0.2) is 22.0 Å². The maximum absolute atomic E-state index is 13.0. The van der Waals surface area contributed by atoms with E-state index in [2.05, 4.69) is 5.32 Å². The van der Waals surface area contributed by atoms with Crippen LogP contribution in [-0.2, 0) is 11.4 Å². The summed E-state index contributed by atoms with van der Waals surface area (Å²) in [5.41, 5.74) is 2.23. The number of hydrogen-bond donors (Lipinski definition) is 1. The summed E-state index contributed by atoms with van der Waals surface area (Å²) >= 11 is 11.7. The molecular weight excluding hydrogens is 404 g/mol. The summed E-state index contributed by atoms with van der Waals surface area (Å²) in [5, 5.41) is 4.28. The Morgan fingerprint density at radius 3 is 2.62 bits per heavy atom. The third kappa shape index (κ3) is 4.46. The minimum atomic E-state index is -0.0530. The van der Waals surface area contributed by atoms with E-state index in [0.717, 1.165) is 36.8 Å². The van der Waals surface area contributed by atoms with Crippen LogP contribution < -0.4 is 10.1 Å². The molecule has 1 saturated heterocycles. The van der Waals surface area contributed by atoms with Crippen LogP contribution in [0.2, 0.25) is 5.02 Å². The summed E-state index contributed by atoms with van der Waals surface area (Å²) in [6.07, 6.45) is 7.37. The Hall–Kier alpha value is -2.37. The van der Waals surface area contributed by atoms with E-state index in [1.165, 1.54) is 6.42 Å². The van der Waals surface area contributed by atoms with E-state index in [4.69, 9.17) is 28.6 Å². The monoisotopic (exact) mass is 426 g/mol. The lowest BCUT2D eigenvalue weighted by Gasteiger charge is -2.29. The Bertz CT molecular complexity index is 953. The van der Waals surface area contributed by atoms with Gasteiger partial charge in [0.1, 0.15) is 18.1 Å². The Kier molecular flexibility index (Phi) is 6.16. The van der Waals surface area contributed by atoms with Crippen molar-refractivity contribution in [1.29, 1.82) is 0 Å². The molecule has 2 aromatic carbocycles. The van der Waals surface area contributed by atoms with Gasteiger partial charge < -0.3 is 10.1 Å². The molecule has 0 spiro atoms. The summed E-state index contributed by atoms with van der Waals surface area (Å²) in [4.78, 5) is 14.8. The molecule has 0 bridgehead atoms. The maximum atomic E-state index is 13.0. The zero-order valence-corrected chi connectivity index (χ0v) is 17.6. The first kappa shape index (κ1) is 19.9. The largest absolute Gasteiger partial charge is 0.488 e. The molecule has 6 heteroatoms. The normalized spacial score (nSPS) is 18.9. The molecule has 1 N–H and O–H groups in total. The highest BCUT2D eigenvalue weighted by molar-refractivity contribution is 7.80. The fourth-order valence-corrected chi connectivity index (χ4v) is 4.41. The standard InChI is InChI=1S/C23H23ClN2O2S/c24-19-12-6-4-9-17(19)15-28-21-13-7-5-8-16(21)14-20-22(27)26(23(29)25-20)18-10-2-1-3-11-18/h4-9,12-14,18H,1-3,10-11,15H2,(H,25,29). The number of amides is 1. The molecule has 2 aromatic rings. The second-order valence-electron chi connectivity index (χ2n) is 7.37. The molecule has 1 amide bonds. The third-order valence-corrected chi connectivity index (χ3v) is 6.08. The average Bonchev–Trinajstić information content (AvgIpc) is 3.02. The summed E-state index contributed by atoms with van der Waals surface area (Å²) in [7, 11) is 0. The van der Waals surface area contributed by atoms with Crippen molar-refractivity contribution in [3.05, 3.63) is 70.4 Å². The van der Waals surface area contributed by atoms with Gasteiger partial charge in [0.15, 0.2) is 5.11 Å². The summed E-state index contributed by atoms with van der Waals surface area (Å²) < 4.78 is 6.01. The maximum Gasteiger partial charge on any atom is 0.276 e. The van der Waals surface area contributed by atoms with Gasteiger partial charge in [-0.25, -0.2) is 0 Å². The molecule has 1 aliphatic carbocycles. The summed E-state index contributed by atoms with van der Waals surface area (Å²) in [5.74, 6) is 0.638. The van der Waals surface area contributed by atoms with Crippen LogP contribution in [0, 0.1) is 0 Å². The smallest absolute Gasteiger partial charge is 0.276 e. The van der Waals surface area contributed by atoms with Gasteiger partial charge in [0, 0.05) is 22.2 Å². The van der Waals surface area contributed by atoms with Crippen LogP contribution in [0.4, 0.5) is 0 Å². The Morgan fingerprint density at radius 2 is 1.83 bits per heavy atom. The van der Waals surface area contributed by atoms with Crippen LogP contribution in [0.25, 0.3) is 6.08 Å². The van der Waals surface area contributed by atoms with E-state index >= 15 is 0 Å². The van der Waals surface area contributed by atoms with Gasteiger partial charge in [0.05, 0.1) is 0 Å². The van der Waals surface area contributed by atoms with Gasteiger partial charge in [-0.2, -0.15) is 0 Å². The van der Waals surface area contributed by atoms with Gasteiger partial charge in [-0.05, 0) is 43.3 Å². The Morgan fingerprint density at radius 1 is 1.10 bits per heavy atom. The van der Waals surface area contributed by atoms with Crippen LogP contribution in [0.15, 0.2) is 54.2 Å². The molecule has 150 valence electrons.